The monoisotopic (exact) mass is 426 g/mol. The first kappa shape index (κ1) is 14.2. The van der Waals surface area contributed by atoms with Crippen molar-refractivity contribution in [2.75, 3.05) is 5.33 Å². The molecule has 0 atom stereocenters. The third kappa shape index (κ3) is 2.89. The normalized spacial score (nSPS) is 11.6. The number of carbonyl (C=O) groups excluding carboxylic acids is 1. The van der Waals surface area contributed by atoms with Crippen LogP contribution in [-0.4, -0.2) is 11.1 Å². The van der Waals surface area contributed by atoms with Crippen molar-refractivity contribution < 1.29 is 18.0 Å². The third-order valence-corrected chi connectivity index (χ3v) is 3.92. The Balaban J connectivity index is 3.51. The van der Waals surface area contributed by atoms with Crippen molar-refractivity contribution in [3.63, 3.8) is 0 Å². The minimum Gasteiger partial charge on any atom is -0.293 e. The molecule has 0 aromatic heterocycles. The highest BCUT2D eigenvalue weighted by atomic mass is 127. The fraction of sp³-hybridized carbons (Fsp3) is 0.222. The largest absolute Gasteiger partial charge is 0.417 e. The molecule has 0 spiro atoms. The van der Waals surface area contributed by atoms with Crippen LogP contribution in [0.5, 0.6) is 0 Å². The molecule has 0 radical (unpaired) electrons. The standard InChI is InChI=1S/C9H4BrClF3IO/c10-3-6(16)7-4(9(12,13)14)1-2-5(15)8(7)11/h1-2H,3H2. The second-order valence-corrected chi connectivity index (χ2v) is 4.94. The predicted octanol–water partition coefficient (Wildman–Crippen LogP) is 4.54. The Morgan fingerprint density at radius 2 is 2.00 bits per heavy atom. The van der Waals surface area contributed by atoms with Crippen molar-refractivity contribution in [3.05, 3.63) is 31.9 Å². The molecule has 1 aromatic rings. The van der Waals surface area contributed by atoms with E-state index in [9.17, 15) is 18.0 Å². The van der Waals surface area contributed by atoms with Crippen LogP contribution in [0.4, 0.5) is 13.2 Å². The van der Waals surface area contributed by atoms with Gasteiger partial charge >= 0.3 is 6.18 Å². The van der Waals surface area contributed by atoms with Gasteiger partial charge < -0.3 is 0 Å². The second-order valence-electron chi connectivity index (χ2n) is 2.84. The van der Waals surface area contributed by atoms with Crippen molar-refractivity contribution in [2.24, 2.45) is 0 Å². The lowest BCUT2D eigenvalue weighted by Gasteiger charge is -2.13. The van der Waals surface area contributed by atoms with Gasteiger partial charge in [-0.05, 0) is 34.7 Å². The molecule has 1 rings (SSSR count). The van der Waals surface area contributed by atoms with Crippen molar-refractivity contribution in [1.82, 2.24) is 0 Å². The third-order valence-electron chi connectivity index (χ3n) is 1.80. The fourth-order valence-corrected chi connectivity index (χ4v) is 2.13. The number of hydrogen-bond donors (Lipinski definition) is 0. The first-order valence-corrected chi connectivity index (χ1v) is 6.51. The van der Waals surface area contributed by atoms with Gasteiger partial charge in [0.05, 0.1) is 21.5 Å². The smallest absolute Gasteiger partial charge is 0.293 e. The van der Waals surface area contributed by atoms with E-state index in [-0.39, 0.29) is 10.4 Å². The predicted molar refractivity (Wildman–Crippen MR) is 67.3 cm³/mol. The maximum Gasteiger partial charge on any atom is 0.417 e. The van der Waals surface area contributed by atoms with Crippen molar-refractivity contribution in [1.29, 1.82) is 0 Å². The van der Waals surface area contributed by atoms with Gasteiger partial charge in [-0.25, -0.2) is 0 Å². The second kappa shape index (κ2) is 5.22. The Labute approximate surface area is 117 Å². The molecule has 1 aromatic carbocycles. The number of ketones is 1. The molecule has 1 nitrogen and oxygen atoms in total. The van der Waals surface area contributed by atoms with Crippen molar-refractivity contribution >= 4 is 55.9 Å². The van der Waals surface area contributed by atoms with E-state index in [0.29, 0.717) is 3.57 Å². The number of rotatable bonds is 2. The molecule has 16 heavy (non-hydrogen) atoms. The molecule has 0 saturated heterocycles. The van der Waals surface area contributed by atoms with Gasteiger partial charge in [-0.15, -0.1) is 0 Å². The summed E-state index contributed by atoms with van der Waals surface area (Å²) in [6, 6.07) is 2.10. The van der Waals surface area contributed by atoms with Crippen LogP contribution in [0.25, 0.3) is 0 Å². The maximum absolute atomic E-state index is 12.6. The Morgan fingerprint density at radius 1 is 1.44 bits per heavy atom. The quantitative estimate of drug-likeness (QED) is 0.385. The van der Waals surface area contributed by atoms with E-state index in [0.717, 1.165) is 6.07 Å². The zero-order valence-corrected chi connectivity index (χ0v) is 12.0. The first-order chi connectivity index (χ1) is 7.29. The zero-order chi connectivity index (χ0) is 12.5. The molecule has 0 aliphatic heterocycles. The van der Waals surface area contributed by atoms with E-state index in [2.05, 4.69) is 15.9 Å². The average molecular weight is 427 g/mol. The van der Waals surface area contributed by atoms with Crippen LogP contribution < -0.4 is 0 Å². The summed E-state index contributed by atoms with van der Waals surface area (Å²) in [5, 5.41) is -0.351. The van der Waals surface area contributed by atoms with Crippen LogP contribution in [0, 0.1) is 3.57 Å². The molecule has 0 aliphatic rings. The molecule has 0 unspecified atom stereocenters. The van der Waals surface area contributed by atoms with E-state index in [1.54, 1.807) is 22.6 Å². The number of alkyl halides is 4. The fourth-order valence-electron chi connectivity index (χ4n) is 1.13. The number of halogens is 6. The van der Waals surface area contributed by atoms with E-state index < -0.39 is 23.1 Å². The molecule has 0 N–H and O–H groups in total. The van der Waals surface area contributed by atoms with Gasteiger partial charge in [0, 0.05) is 3.57 Å². The molecule has 0 amide bonds. The summed E-state index contributed by atoms with van der Waals surface area (Å²) < 4.78 is 38.3. The molecule has 0 bridgehead atoms. The minimum atomic E-state index is -4.58. The molecular formula is C9H4BrClF3IO. The number of hydrogen-bond acceptors (Lipinski definition) is 1. The van der Waals surface area contributed by atoms with Gasteiger partial charge in [0.15, 0.2) is 5.78 Å². The van der Waals surface area contributed by atoms with Gasteiger partial charge in [-0.3, -0.25) is 4.79 Å². The Kier molecular flexibility index (Phi) is 4.65. The van der Waals surface area contributed by atoms with Crippen LogP contribution in [0.15, 0.2) is 12.1 Å². The van der Waals surface area contributed by atoms with Gasteiger partial charge in [-0.1, -0.05) is 27.5 Å². The number of Topliss-reactive ketones (excluding diaryl/α,β-unsaturated/α-hetero) is 1. The molecular weight excluding hydrogens is 423 g/mol. The Bertz CT molecular complexity index is 433. The highest BCUT2D eigenvalue weighted by molar-refractivity contribution is 14.1. The topological polar surface area (TPSA) is 17.1 Å². The minimum absolute atomic E-state index is 0.153. The maximum atomic E-state index is 12.6. The Morgan fingerprint density at radius 3 is 2.44 bits per heavy atom. The van der Waals surface area contributed by atoms with Gasteiger partial charge in [-0.2, -0.15) is 13.2 Å². The van der Waals surface area contributed by atoms with Crippen molar-refractivity contribution in [2.45, 2.75) is 6.18 Å². The summed E-state index contributed by atoms with van der Waals surface area (Å²) in [5.74, 6) is -0.684. The number of carbonyl (C=O) groups is 1. The molecule has 0 heterocycles. The zero-order valence-electron chi connectivity index (χ0n) is 7.54. The van der Waals surface area contributed by atoms with Crippen LogP contribution in [0.3, 0.4) is 0 Å². The summed E-state index contributed by atoms with van der Waals surface area (Å²) in [7, 11) is 0. The van der Waals surface area contributed by atoms with Crippen molar-refractivity contribution in [3.8, 4) is 0 Å². The van der Waals surface area contributed by atoms with Gasteiger partial charge in [0.25, 0.3) is 0 Å². The van der Waals surface area contributed by atoms with E-state index in [4.69, 9.17) is 11.6 Å². The van der Waals surface area contributed by atoms with E-state index in [1.165, 1.54) is 6.07 Å². The lowest BCUT2D eigenvalue weighted by molar-refractivity contribution is -0.137. The Hall–Kier alpha value is 0.180. The van der Waals surface area contributed by atoms with Gasteiger partial charge in [0.1, 0.15) is 0 Å². The molecule has 88 valence electrons. The summed E-state index contributed by atoms with van der Waals surface area (Å²) in [4.78, 5) is 11.4. The summed E-state index contributed by atoms with van der Waals surface area (Å²) in [6.07, 6.45) is -4.58. The lowest BCUT2D eigenvalue weighted by atomic mass is 10.0. The summed E-state index contributed by atoms with van der Waals surface area (Å²) in [5.41, 5.74) is -1.47. The summed E-state index contributed by atoms with van der Waals surface area (Å²) >= 11 is 10.3. The van der Waals surface area contributed by atoms with Crippen LogP contribution >= 0.6 is 50.1 Å². The first-order valence-electron chi connectivity index (χ1n) is 3.93. The van der Waals surface area contributed by atoms with Crippen LogP contribution in [0.2, 0.25) is 5.02 Å². The van der Waals surface area contributed by atoms with E-state index in [1.807, 2.05) is 0 Å². The van der Waals surface area contributed by atoms with E-state index >= 15 is 0 Å². The molecule has 0 saturated carbocycles. The molecule has 7 heteroatoms. The van der Waals surface area contributed by atoms with Crippen LogP contribution in [-0.2, 0) is 6.18 Å². The van der Waals surface area contributed by atoms with Gasteiger partial charge in [0.2, 0.25) is 0 Å². The highest BCUT2D eigenvalue weighted by Crippen LogP contribution is 2.37. The molecule has 0 aliphatic carbocycles. The molecule has 0 fully saturated rings. The lowest BCUT2D eigenvalue weighted by Crippen LogP contribution is -2.15. The SMILES string of the molecule is O=C(CBr)c1c(C(F)(F)F)ccc(I)c1Cl. The average Bonchev–Trinajstić information content (AvgIpc) is 2.19. The number of benzene rings is 1. The highest BCUT2D eigenvalue weighted by Gasteiger charge is 2.36. The summed E-state index contributed by atoms with van der Waals surface area (Å²) in [6.45, 7) is 0. The van der Waals surface area contributed by atoms with Crippen LogP contribution in [0.1, 0.15) is 15.9 Å².